The van der Waals surface area contributed by atoms with Gasteiger partial charge in [-0.2, -0.15) is 0 Å². The van der Waals surface area contributed by atoms with Crippen LogP contribution in [-0.4, -0.2) is 35.2 Å². The number of fused-ring (bicyclic) bond motifs is 3. The summed E-state index contributed by atoms with van der Waals surface area (Å²) in [6.45, 7) is 2.95. The highest BCUT2D eigenvalue weighted by molar-refractivity contribution is 7.10. The summed E-state index contributed by atoms with van der Waals surface area (Å²) in [4.78, 5) is 3.63. The van der Waals surface area contributed by atoms with Gasteiger partial charge >= 0.3 is 0 Å². The highest BCUT2D eigenvalue weighted by Gasteiger charge is 2.44. The van der Waals surface area contributed by atoms with Crippen molar-refractivity contribution in [1.82, 2.24) is 4.90 Å². The summed E-state index contributed by atoms with van der Waals surface area (Å²) in [6.07, 6.45) is 3.06. The second-order valence-electron chi connectivity index (χ2n) is 6.64. The predicted octanol–water partition coefficient (Wildman–Crippen LogP) is 3.15. The summed E-state index contributed by atoms with van der Waals surface area (Å²) in [6, 6.07) is 12.6. The molecule has 2 aromatic rings. The number of rotatable bonds is 2. The SMILES string of the molecule is OC1(C#Cc2ccsc2Cc2ccccc2)CN2CCC1CC2. The molecule has 23 heavy (non-hydrogen) atoms. The Balaban J connectivity index is 1.56. The molecule has 2 bridgehead atoms. The van der Waals surface area contributed by atoms with Gasteiger partial charge in [-0.25, -0.2) is 0 Å². The highest BCUT2D eigenvalue weighted by atomic mass is 32.1. The lowest BCUT2D eigenvalue weighted by molar-refractivity contribution is -0.0713. The molecule has 118 valence electrons. The maximum absolute atomic E-state index is 10.9. The monoisotopic (exact) mass is 323 g/mol. The first-order valence-electron chi connectivity index (χ1n) is 8.31. The fourth-order valence-electron chi connectivity index (χ4n) is 3.73. The Morgan fingerprint density at radius 1 is 1.17 bits per heavy atom. The van der Waals surface area contributed by atoms with Crippen molar-refractivity contribution < 1.29 is 5.11 Å². The predicted molar refractivity (Wildman–Crippen MR) is 94.6 cm³/mol. The maximum Gasteiger partial charge on any atom is 0.141 e. The maximum atomic E-state index is 10.9. The summed E-state index contributed by atoms with van der Waals surface area (Å²) >= 11 is 1.75. The van der Waals surface area contributed by atoms with Crippen LogP contribution >= 0.6 is 11.3 Å². The van der Waals surface area contributed by atoms with Crippen LogP contribution in [0.2, 0.25) is 0 Å². The van der Waals surface area contributed by atoms with Crippen molar-refractivity contribution in [3.05, 3.63) is 57.8 Å². The van der Waals surface area contributed by atoms with Crippen LogP contribution in [0.5, 0.6) is 0 Å². The van der Waals surface area contributed by atoms with E-state index in [0.29, 0.717) is 12.5 Å². The zero-order valence-electron chi connectivity index (χ0n) is 13.2. The van der Waals surface area contributed by atoms with Crippen molar-refractivity contribution >= 4 is 11.3 Å². The molecular weight excluding hydrogens is 302 g/mol. The first-order valence-corrected chi connectivity index (χ1v) is 9.19. The molecule has 5 rings (SSSR count). The third-order valence-electron chi connectivity index (χ3n) is 5.09. The van der Waals surface area contributed by atoms with Crippen LogP contribution in [0.3, 0.4) is 0 Å². The largest absolute Gasteiger partial charge is 0.376 e. The van der Waals surface area contributed by atoms with E-state index in [2.05, 4.69) is 52.5 Å². The first-order chi connectivity index (χ1) is 11.2. The van der Waals surface area contributed by atoms with E-state index >= 15 is 0 Å². The fourth-order valence-corrected chi connectivity index (χ4v) is 4.59. The van der Waals surface area contributed by atoms with Crippen molar-refractivity contribution in [2.75, 3.05) is 19.6 Å². The van der Waals surface area contributed by atoms with E-state index in [-0.39, 0.29) is 0 Å². The molecule has 0 saturated carbocycles. The van der Waals surface area contributed by atoms with Crippen molar-refractivity contribution in [3.63, 3.8) is 0 Å². The lowest BCUT2D eigenvalue weighted by atomic mass is 9.76. The second-order valence-corrected chi connectivity index (χ2v) is 7.65. The van der Waals surface area contributed by atoms with Crippen LogP contribution < -0.4 is 0 Å². The van der Waals surface area contributed by atoms with Gasteiger partial charge in [0, 0.05) is 29.3 Å². The Labute approximate surface area is 141 Å². The second kappa shape index (κ2) is 6.13. The summed E-state index contributed by atoms with van der Waals surface area (Å²) in [7, 11) is 0. The average Bonchev–Trinajstić information content (AvgIpc) is 3.02. The normalized spacial score (nSPS) is 29.1. The molecule has 0 radical (unpaired) electrons. The van der Waals surface area contributed by atoms with Crippen LogP contribution in [0.4, 0.5) is 0 Å². The molecule has 0 aliphatic carbocycles. The number of thiophene rings is 1. The Kier molecular flexibility index (Phi) is 3.98. The summed E-state index contributed by atoms with van der Waals surface area (Å²) in [5.41, 5.74) is 1.56. The molecule has 3 aliphatic rings. The van der Waals surface area contributed by atoms with E-state index in [1.165, 1.54) is 10.4 Å². The van der Waals surface area contributed by atoms with Crippen molar-refractivity contribution in [1.29, 1.82) is 0 Å². The third kappa shape index (κ3) is 3.07. The van der Waals surface area contributed by atoms with E-state index in [9.17, 15) is 5.11 Å². The van der Waals surface area contributed by atoms with Crippen molar-refractivity contribution in [2.45, 2.75) is 24.9 Å². The minimum atomic E-state index is -0.817. The lowest BCUT2D eigenvalue weighted by Gasteiger charge is -2.47. The molecule has 1 atom stereocenters. The Morgan fingerprint density at radius 2 is 1.96 bits per heavy atom. The van der Waals surface area contributed by atoms with Crippen molar-refractivity contribution in [3.8, 4) is 11.8 Å². The number of hydrogen-bond acceptors (Lipinski definition) is 3. The zero-order chi connectivity index (χ0) is 15.7. The first kappa shape index (κ1) is 15.0. The van der Waals surface area contributed by atoms with Gasteiger partial charge in [0.2, 0.25) is 0 Å². The summed E-state index contributed by atoms with van der Waals surface area (Å²) in [5, 5.41) is 13.0. The standard InChI is InChI=1S/C20H21NOS/c22-20(15-21-11-7-18(20)8-12-21)10-6-17-9-13-23-19(17)14-16-4-2-1-3-5-16/h1-5,9,13,18,22H,7-8,11-12,14-15H2. The molecule has 0 spiro atoms. The molecule has 3 saturated heterocycles. The Morgan fingerprint density at radius 3 is 2.65 bits per heavy atom. The lowest BCUT2D eigenvalue weighted by Crippen LogP contribution is -2.58. The molecular formula is C20H21NOS. The molecule has 2 nitrogen and oxygen atoms in total. The third-order valence-corrected chi connectivity index (χ3v) is 6.02. The van der Waals surface area contributed by atoms with Crippen LogP contribution in [0.1, 0.15) is 28.8 Å². The van der Waals surface area contributed by atoms with Crippen LogP contribution in [0.15, 0.2) is 41.8 Å². The van der Waals surface area contributed by atoms with Gasteiger partial charge in [-0.15, -0.1) is 11.3 Å². The van der Waals surface area contributed by atoms with Gasteiger partial charge in [0.25, 0.3) is 0 Å². The van der Waals surface area contributed by atoms with Crippen LogP contribution in [0, 0.1) is 17.8 Å². The molecule has 1 aromatic carbocycles. The smallest absolute Gasteiger partial charge is 0.141 e. The number of aliphatic hydroxyl groups is 1. The van der Waals surface area contributed by atoms with Gasteiger partial charge in [-0.1, -0.05) is 42.2 Å². The van der Waals surface area contributed by atoms with E-state index in [0.717, 1.165) is 37.9 Å². The molecule has 3 aliphatic heterocycles. The van der Waals surface area contributed by atoms with Gasteiger partial charge in [-0.05, 0) is 42.9 Å². The molecule has 0 amide bonds. The average molecular weight is 323 g/mol. The topological polar surface area (TPSA) is 23.5 Å². The number of piperidine rings is 3. The summed E-state index contributed by atoms with van der Waals surface area (Å²) < 4.78 is 0. The number of benzene rings is 1. The molecule has 1 unspecified atom stereocenters. The van der Waals surface area contributed by atoms with Gasteiger partial charge in [0.05, 0.1) is 0 Å². The fraction of sp³-hybridized carbons (Fsp3) is 0.400. The van der Waals surface area contributed by atoms with Gasteiger partial charge in [0.15, 0.2) is 0 Å². The Bertz CT molecular complexity index is 734. The minimum absolute atomic E-state index is 0.344. The van der Waals surface area contributed by atoms with Crippen LogP contribution in [-0.2, 0) is 6.42 Å². The van der Waals surface area contributed by atoms with Gasteiger partial charge < -0.3 is 5.11 Å². The molecule has 1 N–H and O–H groups in total. The van der Waals surface area contributed by atoms with E-state index in [4.69, 9.17) is 0 Å². The number of hydrogen-bond donors (Lipinski definition) is 1. The van der Waals surface area contributed by atoms with Gasteiger partial charge in [-0.3, -0.25) is 4.90 Å². The van der Waals surface area contributed by atoms with E-state index < -0.39 is 5.60 Å². The quantitative estimate of drug-likeness (QED) is 0.858. The molecule has 4 heterocycles. The molecule has 3 fully saturated rings. The highest BCUT2D eigenvalue weighted by Crippen LogP contribution is 2.35. The van der Waals surface area contributed by atoms with Gasteiger partial charge in [0.1, 0.15) is 5.60 Å². The van der Waals surface area contributed by atoms with E-state index in [1.807, 2.05) is 6.07 Å². The number of nitrogens with zero attached hydrogens (tertiary/aromatic N) is 1. The molecule has 1 aromatic heterocycles. The minimum Gasteiger partial charge on any atom is -0.376 e. The summed E-state index contributed by atoms with van der Waals surface area (Å²) in [5.74, 6) is 6.86. The van der Waals surface area contributed by atoms with E-state index in [1.54, 1.807) is 11.3 Å². The molecule has 3 heteroatoms. The van der Waals surface area contributed by atoms with Crippen LogP contribution in [0.25, 0.3) is 0 Å². The zero-order valence-corrected chi connectivity index (χ0v) is 14.0. The Hall–Kier alpha value is -1.60. The van der Waals surface area contributed by atoms with Crippen molar-refractivity contribution in [2.24, 2.45) is 5.92 Å².